The summed E-state index contributed by atoms with van der Waals surface area (Å²) in [5.41, 5.74) is 0.753. The van der Waals surface area contributed by atoms with E-state index in [0.717, 1.165) is 5.56 Å². The van der Waals surface area contributed by atoms with Gasteiger partial charge in [0.25, 0.3) is 5.91 Å². The number of nitrogens with one attached hydrogen (secondary N) is 2. The predicted octanol–water partition coefficient (Wildman–Crippen LogP) is 2.95. The van der Waals surface area contributed by atoms with E-state index in [0.29, 0.717) is 22.5 Å². The van der Waals surface area contributed by atoms with Crippen LogP contribution in [-0.4, -0.2) is 66.9 Å². The van der Waals surface area contributed by atoms with Gasteiger partial charge in [-0.15, -0.1) is 0 Å². The number of carboxylic acid groups (broad SMARTS) is 2. The summed E-state index contributed by atoms with van der Waals surface area (Å²) in [6.07, 6.45) is 1.67. The second-order valence-electron chi connectivity index (χ2n) is 9.06. The van der Waals surface area contributed by atoms with Gasteiger partial charge in [-0.3, -0.25) is 9.78 Å². The molecule has 0 fully saturated rings. The van der Waals surface area contributed by atoms with Crippen LogP contribution in [0.15, 0.2) is 72.9 Å². The van der Waals surface area contributed by atoms with Crippen LogP contribution in [0.25, 0.3) is 11.3 Å². The molecule has 2 aromatic heterocycles. The SMILES string of the molecule is CCOc1nc(C(=O)NCC(O)(Cc2ccccc2)C(=O)O)[nH]c1Cc1ccc(-c2ccccc2C(=O)O)nc1. The molecule has 0 saturated heterocycles. The minimum atomic E-state index is -2.22. The molecule has 2 aromatic carbocycles. The number of amides is 1. The molecule has 0 spiro atoms. The summed E-state index contributed by atoms with van der Waals surface area (Å²) >= 11 is 0. The summed E-state index contributed by atoms with van der Waals surface area (Å²) in [6, 6.07) is 18.7. The topological polar surface area (TPSA) is 175 Å². The largest absolute Gasteiger partial charge is 0.479 e. The van der Waals surface area contributed by atoms with E-state index in [9.17, 15) is 29.7 Å². The Labute approximate surface area is 229 Å². The van der Waals surface area contributed by atoms with Gasteiger partial charge in [0.05, 0.1) is 30.1 Å². The van der Waals surface area contributed by atoms with Crippen LogP contribution in [0.3, 0.4) is 0 Å². The van der Waals surface area contributed by atoms with Crippen molar-refractivity contribution in [1.82, 2.24) is 20.3 Å². The second kappa shape index (κ2) is 12.2. The van der Waals surface area contributed by atoms with Gasteiger partial charge in [0.2, 0.25) is 5.88 Å². The molecule has 0 aliphatic heterocycles. The molecule has 0 radical (unpaired) electrons. The molecule has 0 aliphatic rings. The van der Waals surface area contributed by atoms with E-state index in [-0.39, 0.29) is 36.7 Å². The van der Waals surface area contributed by atoms with E-state index in [1.165, 1.54) is 6.07 Å². The number of aromatic carboxylic acids is 1. The van der Waals surface area contributed by atoms with Crippen LogP contribution in [0.2, 0.25) is 0 Å². The first kappa shape index (κ1) is 28.0. The van der Waals surface area contributed by atoms with E-state index < -0.39 is 30.0 Å². The number of rotatable bonds is 12. The lowest BCUT2D eigenvalue weighted by Gasteiger charge is -2.23. The third kappa shape index (κ3) is 6.51. The zero-order valence-electron chi connectivity index (χ0n) is 21.6. The first-order valence-corrected chi connectivity index (χ1v) is 12.5. The van der Waals surface area contributed by atoms with Crippen molar-refractivity contribution in [2.24, 2.45) is 0 Å². The van der Waals surface area contributed by atoms with Crippen molar-refractivity contribution >= 4 is 17.8 Å². The predicted molar refractivity (Wildman–Crippen MR) is 144 cm³/mol. The number of carbonyl (C=O) groups is 3. The molecule has 0 saturated carbocycles. The highest BCUT2D eigenvalue weighted by atomic mass is 16.5. The molecule has 0 bridgehead atoms. The lowest BCUT2D eigenvalue weighted by molar-refractivity contribution is -0.157. The normalized spacial score (nSPS) is 12.3. The van der Waals surface area contributed by atoms with Crippen molar-refractivity contribution in [2.75, 3.05) is 13.2 Å². The van der Waals surface area contributed by atoms with Crippen LogP contribution in [0.1, 0.15) is 44.7 Å². The Bertz CT molecular complexity index is 1500. The van der Waals surface area contributed by atoms with Gasteiger partial charge in [0.15, 0.2) is 11.4 Å². The molecule has 2 heterocycles. The van der Waals surface area contributed by atoms with Crippen molar-refractivity contribution in [3.05, 3.63) is 101 Å². The Balaban J connectivity index is 1.49. The van der Waals surface area contributed by atoms with Gasteiger partial charge in [0.1, 0.15) is 0 Å². The lowest BCUT2D eigenvalue weighted by Crippen LogP contribution is -2.50. The number of hydrogen-bond acceptors (Lipinski definition) is 7. The maximum atomic E-state index is 12.9. The zero-order chi connectivity index (χ0) is 28.7. The smallest absolute Gasteiger partial charge is 0.337 e. The fourth-order valence-electron chi connectivity index (χ4n) is 4.12. The summed E-state index contributed by atoms with van der Waals surface area (Å²) in [7, 11) is 0. The third-order valence-corrected chi connectivity index (χ3v) is 6.15. The molecule has 206 valence electrons. The highest BCUT2D eigenvalue weighted by Crippen LogP contribution is 2.24. The van der Waals surface area contributed by atoms with Crippen LogP contribution in [0.4, 0.5) is 0 Å². The fourth-order valence-corrected chi connectivity index (χ4v) is 4.12. The number of H-pyrrole nitrogens is 1. The van der Waals surface area contributed by atoms with E-state index in [4.69, 9.17) is 4.74 Å². The summed E-state index contributed by atoms with van der Waals surface area (Å²) in [4.78, 5) is 47.8. The molecule has 11 nitrogen and oxygen atoms in total. The number of aliphatic hydroxyl groups is 1. The fraction of sp³-hybridized carbons (Fsp3) is 0.207. The summed E-state index contributed by atoms with van der Waals surface area (Å²) in [6.45, 7) is 1.52. The van der Waals surface area contributed by atoms with Gasteiger partial charge in [0, 0.05) is 24.6 Å². The minimum Gasteiger partial charge on any atom is -0.479 e. The van der Waals surface area contributed by atoms with Gasteiger partial charge in [-0.05, 0) is 30.2 Å². The Kier molecular flexibility index (Phi) is 8.55. The molecule has 1 atom stereocenters. The maximum Gasteiger partial charge on any atom is 0.337 e. The molecule has 4 aromatic rings. The van der Waals surface area contributed by atoms with Gasteiger partial charge >= 0.3 is 11.9 Å². The van der Waals surface area contributed by atoms with E-state index >= 15 is 0 Å². The van der Waals surface area contributed by atoms with E-state index in [1.54, 1.807) is 73.8 Å². The van der Waals surface area contributed by atoms with Crippen LogP contribution in [0, 0.1) is 0 Å². The van der Waals surface area contributed by atoms with Crippen LogP contribution in [-0.2, 0) is 17.6 Å². The van der Waals surface area contributed by atoms with E-state index in [1.807, 2.05) is 0 Å². The summed E-state index contributed by atoms with van der Waals surface area (Å²) < 4.78 is 5.59. The second-order valence-corrected chi connectivity index (χ2v) is 9.06. The van der Waals surface area contributed by atoms with Crippen molar-refractivity contribution in [1.29, 1.82) is 0 Å². The molecule has 40 heavy (non-hydrogen) atoms. The summed E-state index contributed by atoms with van der Waals surface area (Å²) in [5, 5.41) is 32.2. The monoisotopic (exact) mass is 544 g/mol. The molecule has 1 unspecified atom stereocenters. The Hall–Kier alpha value is -5.03. The van der Waals surface area contributed by atoms with Crippen molar-refractivity contribution in [2.45, 2.75) is 25.4 Å². The number of ether oxygens (including phenoxy) is 1. The van der Waals surface area contributed by atoms with Gasteiger partial charge in [-0.2, -0.15) is 4.98 Å². The molecule has 1 amide bonds. The number of carbonyl (C=O) groups excluding carboxylic acids is 1. The van der Waals surface area contributed by atoms with E-state index in [2.05, 4.69) is 20.3 Å². The molecule has 5 N–H and O–H groups in total. The molecule has 11 heteroatoms. The maximum absolute atomic E-state index is 12.9. The molecular formula is C29H28N4O7. The highest BCUT2D eigenvalue weighted by Gasteiger charge is 2.37. The van der Waals surface area contributed by atoms with Crippen LogP contribution >= 0.6 is 0 Å². The number of carboxylic acids is 2. The Morgan fingerprint density at radius 1 is 0.975 bits per heavy atom. The minimum absolute atomic E-state index is 0.106. The Morgan fingerprint density at radius 3 is 2.35 bits per heavy atom. The number of hydrogen-bond donors (Lipinski definition) is 5. The zero-order valence-corrected chi connectivity index (χ0v) is 21.6. The molecular weight excluding hydrogens is 516 g/mol. The van der Waals surface area contributed by atoms with Gasteiger partial charge in [-0.1, -0.05) is 54.6 Å². The summed E-state index contributed by atoms with van der Waals surface area (Å²) in [5.74, 6) is -3.13. The van der Waals surface area contributed by atoms with Crippen LogP contribution in [0.5, 0.6) is 5.88 Å². The number of aliphatic carboxylic acids is 1. The molecule has 4 rings (SSSR count). The number of aromatic nitrogens is 3. The first-order valence-electron chi connectivity index (χ1n) is 12.5. The van der Waals surface area contributed by atoms with Crippen molar-refractivity contribution < 1.29 is 34.4 Å². The number of nitrogens with zero attached hydrogens (tertiary/aromatic N) is 2. The average Bonchev–Trinajstić information content (AvgIpc) is 3.35. The molecule has 0 aliphatic carbocycles. The average molecular weight is 545 g/mol. The van der Waals surface area contributed by atoms with Gasteiger partial charge < -0.3 is 30.4 Å². The van der Waals surface area contributed by atoms with Gasteiger partial charge in [-0.25, -0.2) is 9.59 Å². The standard InChI is InChI=1S/C29H28N4O7/c1-2-40-26-23(14-19-12-13-22(30-16-19)20-10-6-7-11-21(20)27(35)36)32-24(33-26)25(34)31-17-29(39,28(37)38)15-18-8-4-3-5-9-18/h3-13,16,39H,2,14-15,17H2,1H3,(H,31,34)(H,32,33)(H,35,36)(H,37,38). The Morgan fingerprint density at radius 2 is 1.70 bits per heavy atom. The first-order chi connectivity index (χ1) is 19.2. The number of pyridine rings is 1. The number of benzene rings is 2. The lowest BCUT2D eigenvalue weighted by atomic mass is 9.94. The van der Waals surface area contributed by atoms with Crippen LogP contribution < -0.4 is 10.1 Å². The number of imidazole rings is 1. The number of aromatic amines is 1. The van der Waals surface area contributed by atoms with Crippen molar-refractivity contribution in [3.63, 3.8) is 0 Å². The van der Waals surface area contributed by atoms with Crippen molar-refractivity contribution in [3.8, 4) is 17.1 Å². The highest BCUT2D eigenvalue weighted by molar-refractivity contribution is 5.95. The quantitative estimate of drug-likeness (QED) is 0.180. The third-order valence-electron chi connectivity index (χ3n) is 6.15.